The Morgan fingerprint density at radius 3 is 3.00 bits per heavy atom. The van der Waals surface area contributed by atoms with Gasteiger partial charge in [-0.1, -0.05) is 0 Å². The van der Waals surface area contributed by atoms with Crippen LogP contribution in [0.5, 0.6) is 0 Å². The highest BCUT2D eigenvalue weighted by Gasteiger charge is 2.20. The van der Waals surface area contributed by atoms with Crippen molar-refractivity contribution in [3.05, 3.63) is 29.8 Å². The molecule has 1 unspecified atom stereocenters. The van der Waals surface area contributed by atoms with Crippen LogP contribution >= 0.6 is 12.4 Å². The summed E-state index contributed by atoms with van der Waals surface area (Å²) >= 11 is 0. The molecule has 1 aliphatic rings. The fraction of sp³-hybridized carbons (Fsp3) is 0.545. The molecule has 1 aliphatic heterocycles. The molecule has 5 heteroatoms. The van der Waals surface area contributed by atoms with Crippen LogP contribution in [0.2, 0.25) is 0 Å². The maximum atomic E-state index is 12.9. The van der Waals surface area contributed by atoms with Crippen LogP contribution in [0, 0.1) is 5.82 Å². The highest BCUT2D eigenvalue weighted by atomic mass is 35.5. The first-order chi connectivity index (χ1) is 7.28. The van der Waals surface area contributed by atoms with Crippen LogP contribution in [0.4, 0.5) is 4.39 Å². The molecule has 16 heavy (non-hydrogen) atoms. The van der Waals surface area contributed by atoms with E-state index in [2.05, 4.69) is 15.2 Å². The van der Waals surface area contributed by atoms with Gasteiger partial charge in [-0.25, -0.2) is 4.39 Å². The van der Waals surface area contributed by atoms with Crippen LogP contribution in [-0.2, 0) is 6.54 Å². The minimum absolute atomic E-state index is 0. The molecule has 1 N–H and O–H groups in total. The molecule has 0 aliphatic carbocycles. The molecule has 0 spiro atoms. The van der Waals surface area contributed by atoms with Gasteiger partial charge < -0.3 is 5.32 Å². The Kier molecular flexibility index (Phi) is 5.12. The molecule has 1 atom stereocenters. The van der Waals surface area contributed by atoms with Gasteiger partial charge in [0.15, 0.2) is 0 Å². The molecule has 1 aromatic rings. The number of likely N-dealkylation sites (tertiary alicyclic amines) is 1. The summed E-state index contributed by atoms with van der Waals surface area (Å²) in [5.74, 6) is -0.253. The summed E-state index contributed by atoms with van der Waals surface area (Å²) in [4.78, 5) is 6.17. The highest BCUT2D eigenvalue weighted by molar-refractivity contribution is 5.85. The fourth-order valence-corrected chi connectivity index (χ4v) is 2.01. The lowest BCUT2D eigenvalue weighted by atomic mass is 10.2. The van der Waals surface area contributed by atoms with Crippen molar-refractivity contribution in [2.45, 2.75) is 19.0 Å². The normalized spacial score (nSPS) is 20.8. The number of halogens is 2. The van der Waals surface area contributed by atoms with Gasteiger partial charge in [0.05, 0.1) is 6.20 Å². The summed E-state index contributed by atoms with van der Waals surface area (Å²) in [6.07, 6.45) is 4.14. The first-order valence-electron chi connectivity index (χ1n) is 5.27. The second-order valence-corrected chi connectivity index (χ2v) is 4.02. The average Bonchev–Trinajstić information content (AvgIpc) is 2.65. The van der Waals surface area contributed by atoms with Gasteiger partial charge in [-0.2, -0.15) is 0 Å². The molecule has 0 amide bonds. The van der Waals surface area contributed by atoms with Crippen LogP contribution in [0.3, 0.4) is 0 Å². The van der Waals surface area contributed by atoms with Crippen LogP contribution in [0.1, 0.15) is 12.0 Å². The van der Waals surface area contributed by atoms with Crippen LogP contribution in [-0.4, -0.2) is 36.1 Å². The van der Waals surface area contributed by atoms with E-state index >= 15 is 0 Å². The van der Waals surface area contributed by atoms with E-state index in [1.807, 2.05) is 7.05 Å². The summed E-state index contributed by atoms with van der Waals surface area (Å²) in [6.45, 7) is 2.90. The van der Waals surface area contributed by atoms with E-state index in [9.17, 15) is 4.39 Å². The second kappa shape index (κ2) is 6.13. The van der Waals surface area contributed by atoms with E-state index in [1.54, 1.807) is 12.3 Å². The summed E-state index contributed by atoms with van der Waals surface area (Å²) in [6, 6.07) is 2.13. The topological polar surface area (TPSA) is 28.2 Å². The number of nitrogens with zero attached hydrogens (tertiary/aromatic N) is 2. The van der Waals surface area contributed by atoms with Gasteiger partial charge in [-0.15, -0.1) is 12.4 Å². The Morgan fingerprint density at radius 1 is 1.56 bits per heavy atom. The summed E-state index contributed by atoms with van der Waals surface area (Å²) in [5.41, 5.74) is 0.951. The molecule has 1 saturated heterocycles. The van der Waals surface area contributed by atoms with Crippen molar-refractivity contribution >= 4 is 12.4 Å². The molecule has 90 valence electrons. The molecule has 1 fully saturated rings. The monoisotopic (exact) mass is 245 g/mol. The predicted molar refractivity (Wildman–Crippen MR) is 64.2 cm³/mol. The van der Waals surface area contributed by atoms with E-state index in [-0.39, 0.29) is 18.2 Å². The molecule has 2 rings (SSSR count). The zero-order valence-corrected chi connectivity index (χ0v) is 10.1. The molecule has 0 radical (unpaired) electrons. The van der Waals surface area contributed by atoms with E-state index in [4.69, 9.17) is 0 Å². The Hall–Kier alpha value is -0.710. The van der Waals surface area contributed by atoms with Crippen molar-refractivity contribution in [3.8, 4) is 0 Å². The van der Waals surface area contributed by atoms with E-state index in [0.29, 0.717) is 6.04 Å². The van der Waals surface area contributed by atoms with E-state index < -0.39 is 0 Å². The number of rotatable bonds is 3. The van der Waals surface area contributed by atoms with Crippen molar-refractivity contribution in [1.82, 2.24) is 15.2 Å². The minimum Gasteiger partial charge on any atom is -0.316 e. The van der Waals surface area contributed by atoms with Gasteiger partial charge in [-0.3, -0.25) is 9.88 Å². The Morgan fingerprint density at radius 2 is 2.38 bits per heavy atom. The van der Waals surface area contributed by atoms with Crippen molar-refractivity contribution < 1.29 is 4.39 Å². The molecule has 2 heterocycles. The third kappa shape index (κ3) is 3.40. The number of pyridine rings is 1. The quantitative estimate of drug-likeness (QED) is 0.874. The van der Waals surface area contributed by atoms with Gasteiger partial charge in [-0.05, 0) is 25.1 Å². The maximum absolute atomic E-state index is 12.9. The van der Waals surface area contributed by atoms with Gasteiger partial charge >= 0.3 is 0 Å². The van der Waals surface area contributed by atoms with Crippen molar-refractivity contribution in [2.75, 3.05) is 20.1 Å². The maximum Gasteiger partial charge on any atom is 0.141 e. The number of aromatic nitrogens is 1. The zero-order chi connectivity index (χ0) is 10.7. The largest absolute Gasteiger partial charge is 0.316 e. The molecular weight excluding hydrogens is 229 g/mol. The lowest BCUT2D eigenvalue weighted by molar-refractivity contribution is 0.321. The Bertz CT molecular complexity index is 335. The molecule has 3 nitrogen and oxygen atoms in total. The van der Waals surface area contributed by atoms with Gasteiger partial charge in [0.2, 0.25) is 0 Å². The smallest absolute Gasteiger partial charge is 0.141 e. The van der Waals surface area contributed by atoms with Crippen LogP contribution < -0.4 is 5.32 Å². The molecule has 0 saturated carbocycles. The molecular formula is C11H17ClFN3. The SMILES string of the molecule is CNC1CCN(Cc2cncc(F)c2)C1.Cl. The number of hydrogen-bond acceptors (Lipinski definition) is 3. The van der Waals surface area contributed by atoms with Crippen LogP contribution in [0.15, 0.2) is 18.5 Å². The third-order valence-corrected chi connectivity index (χ3v) is 2.85. The number of nitrogens with one attached hydrogen (secondary N) is 1. The summed E-state index contributed by atoms with van der Waals surface area (Å²) in [5, 5.41) is 3.26. The van der Waals surface area contributed by atoms with Crippen LogP contribution in [0.25, 0.3) is 0 Å². The minimum atomic E-state index is -0.253. The fourth-order valence-electron chi connectivity index (χ4n) is 2.01. The molecule has 0 aromatic carbocycles. The average molecular weight is 246 g/mol. The summed E-state index contributed by atoms with van der Waals surface area (Å²) in [7, 11) is 1.98. The summed E-state index contributed by atoms with van der Waals surface area (Å²) < 4.78 is 12.9. The first kappa shape index (κ1) is 13.4. The standard InChI is InChI=1S/C11H16FN3.ClH/c1-13-11-2-3-15(8-11)7-9-4-10(12)6-14-5-9;/h4-6,11,13H,2-3,7-8H2,1H3;1H. The first-order valence-corrected chi connectivity index (χ1v) is 5.27. The third-order valence-electron chi connectivity index (χ3n) is 2.85. The Balaban J connectivity index is 0.00000128. The number of likely N-dealkylation sites (N-methyl/N-ethyl adjacent to an activating group) is 1. The van der Waals surface area contributed by atoms with E-state index in [1.165, 1.54) is 12.6 Å². The lowest BCUT2D eigenvalue weighted by Gasteiger charge is -2.15. The number of hydrogen-bond donors (Lipinski definition) is 1. The van der Waals surface area contributed by atoms with Crippen molar-refractivity contribution in [3.63, 3.8) is 0 Å². The molecule has 0 bridgehead atoms. The lowest BCUT2D eigenvalue weighted by Crippen LogP contribution is -2.29. The van der Waals surface area contributed by atoms with Gasteiger partial charge in [0.25, 0.3) is 0 Å². The van der Waals surface area contributed by atoms with E-state index in [0.717, 1.165) is 25.2 Å². The molecule has 1 aromatic heterocycles. The second-order valence-electron chi connectivity index (χ2n) is 4.02. The predicted octanol–water partition coefficient (Wildman–Crippen LogP) is 1.44. The van der Waals surface area contributed by atoms with Crippen molar-refractivity contribution in [1.29, 1.82) is 0 Å². The van der Waals surface area contributed by atoms with Gasteiger partial charge in [0.1, 0.15) is 5.82 Å². The van der Waals surface area contributed by atoms with Gasteiger partial charge in [0, 0.05) is 31.9 Å². The van der Waals surface area contributed by atoms with Crippen molar-refractivity contribution in [2.24, 2.45) is 0 Å². The zero-order valence-electron chi connectivity index (χ0n) is 9.32. The highest BCUT2D eigenvalue weighted by Crippen LogP contribution is 2.13. The Labute approximate surface area is 101 Å².